The number of fused-ring (bicyclic) bond motifs is 3. The molecule has 28 heavy (non-hydrogen) atoms. The molecule has 1 atom stereocenters. The standard InChI is InChI=1S/C19H20N6O3/c1-4-28-18(27)19-15(12(2)24(23-19)13-8-6-5-7-9-13)11-21-16-14(17(26)20-3)10-22-25(16)19/h5-11,23H,4H2,1-3H3,(H,20,26). The second-order valence-electron chi connectivity index (χ2n) is 6.34. The molecule has 9 heteroatoms. The largest absolute Gasteiger partial charge is 0.463 e. The summed E-state index contributed by atoms with van der Waals surface area (Å²) in [5.41, 5.74) is 4.31. The normalized spacial score (nSPS) is 20.0. The Labute approximate surface area is 161 Å². The van der Waals surface area contributed by atoms with Crippen LogP contribution < -0.4 is 15.8 Å². The molecule has 4 rings (SSSR count). The van der Waals surface area contributed by atoms with Crippen LogP contribution in [-0.4, -0.2) is 41.5 Å². The predicted molar refractivity (Wildman–Crippen MR) is 103 cm³/mol. The first-order valence-corrected chi connectivity index (χ1v) is 8.90. The van der Waals surface area contributed by atoms with Crippen molar-refractivity contribution < 1.29 is 14.3 Å². The Balaban J connectivity index is 1.91. The minimum absolute atomic E-state index is 0.204. The average molecular weight is 380 g/mol. The van der Waals surface area contributed by atoms with E-state index in [1.807, 2.05) is 37.3 Å². The number of anilines is 1. The van der Waals surface area contributed by atoms with Crippen LogP contribution in [0.5, 0.6) is 0 Å². The molecular formula is C19H20N6O3. The van der Waals surface area contributed by atoms with Gasteiger partial charge in [-0.1, -0.05) is 18.2 Å². The van der Waals surface area contributed by atoms with Crippen LogP contribution in [0.3, 0.4) is 0 Å². The van der Waals surface area contributed by atoms with E-state index in [0.717, 1.165) is 11.4 Å². The fraction of sp³-hybridized carbons (Fsp3) is 0.263. The summed E-state index contributed by atoms with van der Waals surface area (Å²) < 4.78 is 6.80. The molecule has 1 unspecified atom stereocenters. The molecule has 0 bridgehead atoms. The van der Waals surface area contributed by atoms with Crippen LogP contribution in [0.4, 0.5) is 11.5 Å². The lowest BCUT2D eigenvalue weighted by Crippen LogP contribution is -2.58. The van der Waals surface area contributed by atoms with Crippen molar-refractivity contribution in [2.24, 2.45) is 4.99 Å². The third kappa shape index (κ3) is 2.36. The molecule has 0 saturated heterocycles. The van der Waals surface area contributed by atoms with Crippen LogP contribution in [0.1, 0.15) is 24.2 Å². The molecule has 1 aromatic heterocycles. The van der Waals surface area contributed by atoms with Crippen molar-refractivity contribution in [3.63, 3.8) is 0 Å². The summed E-state index contributed by atoms with van der Waals surface area (Å²) in [4.78, 5) is 29.8. The van der Waals surface area contributed by atoms with Crippen LogP contribution >= 0.6 is 0 Å². The van der Waals surface area contributed by atoms with E-state index in [-0.39, 0.29) is 23.9 Å². The third-order valence-electron chi connectivity index (χ3n) is 4.82. The lowest BCUT2D eigenvalue weighted by molar-refractivity contribution is -0.153. The monoisotopic (exact) mass is 380 g/mol. The number of nitrogens with one attached hydrogen (secondary N) is 2. The van der Waals surface area contributed by atoms with Gasteiger partial charge in [-0.2, -0.15) is 10.5 Å². The molecule has 144 valence electrons. The molecule has 1 aromatic carbocycles. The van der Waals surface area contributed by atoms with Crippen molar-refractivity contribution in [1.29, 1.82) is 0 Å². The molecular weight excluding hydrogens is 360 g/mol. The van der Waals surface area contributed by atoms with E-state index in [1.165, 1.54) is 17.9 Å². The Morgan fingerprint density at radius 1 is 1.29 bits per heavy atom. The van der Waals surface area contributed by atoms with Crippen molar-refractivity contribution in [3.8, 4) is 0 Å². The van der Waals surface area contributed by atoms with Gasteiger partial charge < -0.3 is 10.1 Å². The number of aliphatic imine (C=N–C) groups is 1. The number of para-hydroxylation sites is 1. The van der Waals surface area contributed by atoms with E-state index in [4.69, 9.17) is 4.74 Å². The number of ether oxygens (including phenoxy) is 1. The van der Waals surface area contributed by atoms with E-state index < -0.39 is 11.6 Å². The number of allylic oxidation sites excluding steroid dienone is 1. The molecule has 2 aliphatic rings. The molecule has 0 saturated carbocycles. The van der Waals surface area contributed by atoms with Gasteiger partial charge in [0.25, 0.3) is 11.6 Å². The van der Waals surface area contributed by atoms with Crippen molar-refractivity contribution in [1.82, 2.24) is 20.5 Å². The molecule has 9 nitrogen and oxygen atoms in total. The number of hydrogen-bond donors (Lipinski definition) is 2. The van der Waals surface area contributed by atoms with Gasteiger partial charge in [-0.05, 0) is 26.0 Å². The topological polar surface area (TPSA) is 101 Å². The maximum absolute atomic E-state index is 13.2. The lowest BCUT2D eigenvalue weighted by Gasteiger charge is -2.33. The number of carbonyl (C=O) groups excluding carboxylic acids is 2. The van der Waals surface area contributed by atoms with Crippen LogP contribution in [0, 0.1) is 0 Å². The highest BCUT2D eigenvalue weighted by Gasteiger charge is 2.56. The molecule has 2 aromatic rings. The molecule has 0 spiro atoms. The van der Waals surface area contributed by atoms with Crippen LogP contribution in [0.2, 0.25) is 0 Å². The number of benzene rings is 1. The Kier molecular flexibility index (Phi) is 4.23. The van der Waals surface area contributed by atoms with Crippen molar-refractivity contribution in [3.05, 3.63) is 53.4 Å². The number of amides is 1. The van der Waals surface area contributed by atoms with E-state index in [1.54, 1.807) is 18.1 Å². The summed E-state index contributed by atoms with van der Waals surface area (Å²) in [5.74, 6) is -0.576. The number of hydrazine groups is 1. The number of carbonyl (C=O) groups is 2. The molecule has 2 aliphatic heterocycles. The maximum atomic E-state index is 13.2. The predicted octanol–water partition coefficient (Wildman–Crippen LogP) is 1.47. The van der Waals surface area contributed by atoms with E-state index in [2.05, 4.69) is 20.8 Å². The Bertz CT molecular complexity index is 1010. The van der Waals surface area contributed by atoms with Crippen molar-refractivity contribution in [2.45, 2.75) is 19.5 Å². The minimum atomic E-state index is -1.45. The van der Waals surface area contributed by atoms with Crippen LogP contribution in [0.15, 0.2) is 52.8 Å². The van der Waals surface area contributed by atoms with E-state index in [9.17, 15) is 9.59 Å². The number of nitrogens with zero attached hydrogens (tertiary/aromatic N) is 4. The van der Waals surface area contributed by atoms with Gasteiger partial charge in [0.15, 0.2) is 5.82 Å². The van der Waals surface area contributed by atoms with Gasteiger partial charge in [0.1, 0.15) is 5.56 Å². The number of hydrogen-bond acceptors (Lipinski definition) is 7. The summed E-state index contributed by atoms with van der Waals surface area (Å²) in [6.45, 7) is 3.83. The summed E-state index contributed by atoms with van der Waals surface area (Å²) in [6.07, 6.45) is 2.99. The summed E-state index contributed by atoms with van der Waals surface area (Å²) >= 11 is 0. The molecule has 2 N–H and O–H groups in total. The lowest BCUT2D eigenvalue weighted by atomic mass is 9.99. The van der Waals surface area contributed by atoms with Gasteiger partial charge >= 0.3 is 5.97 Å². The Hall–Kier alpha value is -3.46. The fourth-order valence-corrected chi connectivity index (χ4v) is 3.48. The van der Waals surface area contributed by atoms with Gasteiger partial charge in [-0.3, -0.25) is 9.80 Å². The zero-order chi connectivity index (χ0) is 19.9. The van der Waals surface area contributed by atoms with Gasteiger partial charge in [0, 0.05) is 24.5 Å². The zero-order valence-electron chi connectivity index (χ0n) is 15.8. The SMILES string of the molecule is CCOC(=O)C12NN(c3ccccc3)C(C)=C1C=Nc1c(C(=O)NC)cnn12. The van der Waals surface area contributed by atoms with Crippen molar-refractivity contribution in [2.75, 3.05) is 18.7 Å². The highest BCUT2D eigenvalue weighted by atomic mass is 16.5. The molecule has 1 amide bonds. The highest BCUT2D eigenvalue weighted by molar-refractivity contribution is 6.04. The van der Waals surface area contributed by atoms with Crippen LogP contribution in [-0.2, 0) is 15.2 Å². The average Bonchev–Trinajstić information content (AvgIpc) is 3.28. The van der Waals surface area contributed by atoms with Crippen LogP contribution in [0.25, 0.3) is 0 Å². The smallest absolute Gasteiger partial charge is 0.355 e. The summed E-state index contributed by atoms with van der Waals surface area (Å²) in [6, 6.07) is 9.57. The van der Waals surface area contributed by atoms with E-state index in [0.29, 0.717) is 5.57 Å². The van der Waals surface area contributed by atoms with Gasteiger partial charge in [0.2, 0.25) is 0 Å². The molecule has 0 fully saturated rings. The zero-order valence-corrected chi connectivity index (χ0v) is 15.8. The number of aromatic nitrogens is 2. The van der Waals surface area contributed by atoms with Gasteiger partial charge in [-0.15, -0.1) is 0 Å². The first-order valence-electron chi connectivity index (χ1n) is 8.90. The third-order valence-corrected chi connectivity index (χ3v) is 4.82. The minimum Gasteiger partial charge on any atom is -0.463 e. The number of esters is 1. The van der Waals surface area contributed by atoms with Gasteiger partial charge in [-0.25, -0.2) is 14.5 Å². The Morgan fingerprint density at radius 2 is 2.04 bits per heavy atom. The molecule has 0 radical (unpaired) electrons. The molecule has 0 aliphatic carbocycles. The highest BCUT2D eigenvalue weighted by Crippen LogP contribution is 2.42. The fourth-order valence-electron chi connectivity index (χ4n) is 3.48. The van der Waals surface area contributed by atoms with Gasteiger partial charge in [0.05, 0.1) is 18.5 Å². The second-order valence-corrected chi connectivity index (χ2v) is 6.34. The van der Waals surface area contributed by atoms with E-state index >= 15 is 0 Å². The number of rotatable bonds is 4. The summed E-state index contributed by atoms with van der Waals surface area (Å²) in [7, 11) is 1.53. The maximum Gasteiger partial charge on any atom is 0.355 e. The van der Waals surface area contributed by atoms with Crippen molar-refractivity contribution >= 4 is 29.6 Å². The quantitative estimate of drug-likeness (QED) is 0.779. The second kappa shape index (κ2) is 6.61. The Morgan fingerprint density at radius 3 is 2.71 bits per heavy atom. The molecule has 3 heterocycles. The first kappa shape index (κ1) is 17.9. The summed E-state index contributed by atoms with van der Waals surface area (Å²) in [5, 5.41) is 8.69. The first-order chi connectivity index (χ1) is 13.5.